The number of fused-ring (bicyclic) bond motifs is 1. The van der Waals surface area contributed by atoms with Crippen molar-refractivity contribution in [1.29, 1.82) is 0 Å². The van der Waals surface area contributed by atoms with E-state index in [1.54, 1.807) is 42.6 Å². The number of carbonyl (C=O) groups excluding carboxylic acids is 1. The van der Waals surface area contributed by atoms with Gasteiger partial charge in [0.15, 0.2) is 17.3 Å². The van der Waals surface area contributed by atoms with Gasteiger partial charge in [-0.1, -0.05) is 0 Å². The molecule has 1 fully saturated rings. The van der Waals surface area contributed by atoms with Crippen molar-refractivity contribution < 1.29 is 14.3 Å². The molecule has 1 aliphatic heterocycles. The molecule has 176 valence electrons. The summed E-state index contributed by atoms with van der Waals surface area (Å²) in [6.07, 6.45) is 4.09. The molecule has 0 unspecified atom stereocenters. The molecule has 2 amide bonds. The zero-order valence-corrected chi connectivity index (χ0v) is 18.5. The molecule has 2 aromatic heterocycles. The largest absolute Gasteiger partial charge is 0.454 e. The number of nitrogens with zero attached hydrogens (tertiary/aromatic N) is 3. The van der Waals surface area contributed by atoms with Crippen molar-refractivity contribution in [3.8, 4) is 11.5 Å². The van der Waals surface area contributed by atoms with Crippen LogP contribution in [-0.2, 0) is 0 Å². The monoisotopic (exact) mass is 470 g/mol. The molecule has 6 rings (SSSR count). The van der Waals surface area contributed by atoms with E-state index in [-0.39, 0.29) is 12.8 Å². The third kappa shape index (κ3) is 4.93. The van der Waals surface area contributed by atoms with E-state index < -0.39 is 0 Å². The summed E-state index contributed by atoms with van der Waals surface area (Å²) in [5, 5.41) is 19.3. The van der Waals surface area contributed by atoms with Gasteiger partial charge in [-0.2, -0.15) is 10.1 Å². The highest BCUT2D eigenvalue weighted by Gasteiger charge is 2.25. The molecule has 0 atom stereocenters. The van der Waals surface area contributed by atoms with Gasteiger partial charge in [0.05, 0.1) is 0 Å². The van der Waals surface area contributed by atoms with E-state index in [0.717, 1.165) is 17.2 Å². The second kappa shape index (κ2) is 8.86. The van der Waals surface area contributed by atoms with E-state index in [0.29, 0.717) is 40.6 Å². The van der Waals surface area contributed by atoms with Gasteiger partial charge >= 0.3 is 6.03 Å². The number of H-pyrrole nitrogens is 1. The van der Waals surface area contributed by atoms with Gasteiger partial charge in [0.25, 0.3) is 0 Å². The number of urea groups is 1. The van der Waals surface area contributed by atoms with Crippen molar-refractivity contribution in [3.05, 3.63) is 66.5 Å². The maximum Gasteiger partial charge on any atom is 0.323 e. The minimum absolute atomic E-state index is 0.183. The highest BCUT2D eigenvalue weighted by atomic mass is 16.7. The number of carbonyl (C=O) groups is 1. The lowest BCUT2D eigenvalue weighted by atomic mass is 10.2. The van der Waals surface area contributed by atoms with Crippen molar-refractivity contribution in [1.82, 2.24) is 20.2 Å². The smallest absolute Gasteiger partial charge is 0.323 e. The van der Waals surface area contributed by atoms with Crippen LogP contribution < -0.4 is 30.7 Å². The maximum atomic E-state index is 12.3. The Balaban J connectivity index is 1.04. The fourth-order valence-corrected chi connectivity index (χ4v) is 3.66. The topological polar surface area (TPSA) is 138 Å². The van der Waals surface area contributed by atoms with Crippen molar-refractivity contribution >= 4 is 40.7 Å². The minimum atomic E-state index is -0.366. The fourth-order valence-electron chi connectivity index (χ4n) is 3.66. The molecule has 3 heterocycles. The van der Waals surface area contributed by atoms with Crippen LogP contribution in [-0.4, -0.2) is 33.0 Å². The lowest BCUT2D eigenvalue weighted by Crippen LogP contribution is -2.19. The number of rotatable bonds is 7. The summed E-state index contributed by atoms with van der Waals surface area (Å²) < 4.78 is 10.6. The Morgan fingerprint density at radius 3 is 2.49 bits per heavy atom. The van der Waals surface area contributed by atoms with Crippen LogP contribution in [0.15, 0.2) is 60.8 Å². The normalized spacial score (nSPS) is 13.8. The molecule has 1 aliphatic carbocycles. The summed E-state index contributed by atoms with van der Waals surface area (Å²) in [6, 6.07) is 15.9. The van der Waals surface area contributed by atoms with Crippen LogP contribution in [0.3, 0.4) is 0 Å². The molecule has 0 bridgehead atoms. The summed E-state index contributed by atoms with van der Waals surface area (Å²) in [7, 11) is 0. The molecular formula is C24H22N8O3. The summed E-state index contributed by atoms with van der Waals surface area (Å²) in [6.45, 7) is 0.183. The highest BCUT2D eigenvalue weighted by molar-refractivity contribution is 6.00. The number of anilines is 6. The van der Waals surface area contributed by atoms with E-state index in [1.165, 1.54) is 12.8 Å². The molecule has 1 saturated carbocycles. The molecule has 11 nitrogen and oxygen atoms in total. The van der Waals surface area contributed by atoms with Crippen LogP contribution in [0.1, 0.15) is 24.5 Å². The van der Waals surface area contributed by atoms with Gasteiger partial charge in [0.2, 0.25) is 12.7 Å². The molecule has 2 aromatic carbocycles. The number of benzene rings is 2. The summed E-state index contributed by atoms with van der Waals surface area (Å²) in [5.41, 5.74) is 3.17. The second-order valence-electron chi connectivity index (χ2n) is 8.22. The number of nitrogens with one attached hydrogen (secondary N) is 5. The third-order valence-corrected chi connectivity index (χ3v) is 5.56. The molecule has 0 saturated heterocycles. The summed E-state index contributed by atoms with van der Waals surface area (Å²) >= 11 is 0. The van der Waals surface area contributed by atoms with E-state index in [2.05, 4.69) is 41.4 Å². The van der Waals surface area contributed by atoms with Crippen molar-refractivity contribution in [2.45, 2.75) is 18.8 Å². The van der Waals surface area contributed by atoms with E-state index in [4.69, 9.17) is 9.47 Å². The van der Waals surface area contributed by atoms with Crippen LogP contribution in [0, 0.1) is 0 Å². The number of hydrogen-bond acceptors (Lipinski definition) is 8. The Labute approximate surface area is 200 Å². The van der Waals surface area contributed by atoms with Gasteiger partial charge in [0.1, 0.15) is 5.82 Å². The van der Waals surface area contributed by atoms with Crippen LogP contribution >= 0.6 is 0 Å². The Morgan fingerprint density at radius 2 is 1.63 bits per heavy atom. The number of aromatic nitrogens is 4. The standard InChI is InChI=1S/C24H22N8O3/c33-24(28-17-7-8-19-20(11-17)35-13-34-19)27-16-5-3-15(4-6-16)26-23-25-10-9-21(30-23)29-22-12-18(31-32-22)14-1-2-14/h3-12,14H,1-2,13H2,(H2,27,28,33)(H3,25,26,29,30,31,32). The molecule has 5 N–H and O–H groups in total. The molecule has 2 aliphatic rings. The van der Waals surface area contributed by atoms with E-state index >= 15 is 0 Å². The fraction of sp³-hybridized carbons (Fsp3) is 0.167. The van der Waals surface area contributed by atoms with Crippen LogP contribution in [0.5, 0.6) is 11.5 Å². The second-order valence-corrected chi connectivity index (χ2v) is 8.22. The van der Waals surface area contributed by atoms with Crippen molar-refractivity contribution in [2.75, 3.05) is 28.1 Å². The van der Waals surface area contributed by atoms with Gasteiger partial charge < -0.3 is 30.7 Å². The van der Waals surface area contributed by atoms with E-state index in [9.17, 15) is 4.79 Å². The number of ether oxygens (including phenoxy) is 2. The maximum absolute atomic E-state index is 12.3. The Hall–Kier alpha value is -4.80. The Kier molecular flexibility index (Phi) is 5.26. The van der Waals surface area contributed by atoms with Gasteiger partial charge in [0, 0.05) is 47.0 Å². The number of aromatic amines is 1. The number of hydrogen-bond donors (Lipinski definition) is 5. The van der Waals surface area contributed by atoms with Crippen molar-refractivity contribution in [3.63, 3.8) is 0 Å². The zero-order valence-electron chi connectivity index (χ0n) is 18.5. The average molecular weight is 470 g/mol. The molecule has 0 spiro atoms. The molecule has 4 aromatic rings. The first kappa shape index (κ1) is 20.8. The quantitative estimate of drug-likeness (QED) is 0.256. The Morgan fingerprint density at radius 1 is 0.857 bits per heavy atom. The number of amides is 2. The summed E-state index contributed by atoms with van der Waals surface area (Å²) in [5.74, 6) is 3.67. The predicted octanol–water partition coefficient (Wildman–Crippen LogP) is 4.94. The first-order valence-corrected chi connectivity index (χ1v) is 11.2. The first-order chi connectivity index (χ1) is 17.2. The van der Waals surface area contributed by atoms with Gasteiger partial charge in [-0.15, -0.1) is 0 Å². The van der Waals surface area contributed by atoms with Gasteiger partial charge in [-0.25, -0.2) is 9.78 Å². The lowest BCUT2D eigenvalue weighted by molar-refractivity contribution is 0.174. The molecule has 11 heteroatoms. The SMILES string of the molecule is O=C(Nc1ccc(Nc2nccc(Nc3cc(C4CC4)[nH]n3)n2)cc1)Nc1ccc2c(c1)OCO2. The average Bonchev–Trinajstić information content (AvgIpc) is 3.42. The summed E-state index contributed by atoms with van der Waals surface area (Å²) in [4.78, 5) is 21.1. The third-order valence-electron chi connectivity index (χ3n) is 5.56. The molecule has 0 radical (unpaired) electrons. The zero-order chi connectivity index (χ0) is 23.6. The molecular weight excluding hydrogens is 448 g/mol. The lowest BCUT2D eigenvalue weighted by Gasteiger charge is -2.10. The van der Waals surface area contributed by atoms with Crippen LogP contribution in [0.2, 0.25) is 0 Å². The van der Waals surface area contributed by atoms with Crippen LogP contribution in [0.25, 0.3) is 0 Å². The molecule has 35 heavy (non-hydrogen) atoms. The van der Waals surface area contributed by atoms with Crippen LogP contribution in [0.4, 0.5) is 39.4 Å². The van der Waals surface area contributed by atoms with Crippen molar-refractivity contribution in [2.24, 2.45) is 0 Å². The van der Waals surface area contributed by atoms with Gasteiger partial charge in [-0.05, 0) is 55.3 Å². The first-order valence-electron chi connectivity index (χ1n) is 11.2. The predicted molar refractivity (Wildman–Crippen MR) is 131 cm³/mol. The van der Waals surface area contributed by atoms with Gasteiger partial charge in [-0.3, -0.25) is 5.10 Å². The van der Waals surface area contributed by atoms with E-state index in [1.807, 2.05) is 18.2 Å². The minimum Gasteiger partial charge on any atom is -0.454 e. The highest BCUT2D eigenvalue weighted by Crippen LogP contribution is 2.39. The Bertz CT molecular complexity index is 1370.